The molecule has 1 saturated heterocycles. The fourth-order valence-corrected chi connectivity index (χ4v) is 3.71. The van der Waals surface area contributed by atoms with Crippen molar-refractivity contribution in [2.45, 2.75) is 25.7 Å². The lowest BCUT2D eigenvalue weighted by Gasteiger charge is -2.32. The average molecular weight is 376 g/mol. The van der Waals surface area contributed by atoms with Gasteiger partial charge in [-0.3, -0.25) is 9.78 Å². The van der Waals surface area contributed by atoms with Crippen molar-refractivity contribution in [1.82, 2.24) is 19.9 Å². The molecular weight excluding hydrogens is 355 g/mol. The smallest absolute Gasteiger partial charge is 0.256 e. The summed E-state index contributed by atoms with van der Waals surface area (Å²) in [5.74, 6) is 0.248. The van der Waals surface area contributed by atoms with Gasteiger partial charge in [-0.1, -0.05) is 12.1 Å². The van der Waals surface area contributed by atoms with E-state index in [2.05, 4.69) is 9.97 Å². The number of benzene rings is 1. The molecule has 3 heterocycles. The zero-order valence-corrected chi connectivity index (χ0v) is 15.7. The lowest BCUT2D eigenvalue weighted by Crippen LogP contribution is -2.38. The Labute approximate surface area is 163 Å². The van der Waals surface area contributed by atoms with Crippen LogP contribution in [-0.4, -0.2) is 38.8 Å². The largest absolute Gasteiger partial charge is 0.339 e. The van der Waals surface area contributed by atoms with Crippen molar-refractivity contribution < 1.29 is 9.18 Å². The second-order valence-corrected chi connectivity index (χ2v) is 7.00. The molecule has 0 radical (unpaired) electrons. The number of amides is 1. The molecule has 1 fully saturated rings. The second-order valence-electron chi connectivity index (χ2n) is 7.00. The van der Waals surface area contributed by atoms with E-state index in [1.165, 1.54) is 6.07 Å². The van der Waals surface area contributed by atoms with Crippen LogP contribution >= 0.6 is 0 Å². The Hall–Kier alpha value is -3.15. The number of pyridine rings is 1. The van der Waals surface area contributed by atoms with Gasteiger partial charge in [-0.05, 0) is 49.6 Å². The Morgan fingerprint density at radius 2 is 1.82 bits per heavy atom. The van der Waals surface area contributed by atoms with Crippen LogP contribution in [0, 0.1) is 12.7 Å². The van der Waals surface area contributed by atoms with Crippen LogP contribution in [0.5, 0.6) is 0 Å². The molecule has 4 rings (SSSR count). The lowest BCUT2D eigenvalue weighted by atomic mass is 9.89. The van der Waals surface area contributed by atoms with Gasteiger partial charge in [-0.25, -0.2) is 14.4 Å². The van der Waals surface area contributed by atoms with E-state index in [1.54, 1.807) is 35.5 Å². The molecule has 28 heavy (non-hydrogen) atoms. The molecule has 1 aliphatic heterocycles. The predicted molar refractivity (Wildman–Crippen MR) is 104 cm³/mol. The molecule has 0 atom stereocenters. The van der Waals surface area contributed by atoms with Crippen molar-refractivity contribution in [3.63, 3.8) is 0 Å². The van der Waals surface area contributed by atoms with Gasteiger partial charge in [-0.2, -0.15) is 0 Å². The standard InChI is InChI=1S/C22H21FN4O/c1-15-25-14-19(16-6-10-24-11-7-16)21(26-15)17-8-12-27(13-9-17)22(28)18-4-2-3-5-20(18)23/h2-7,10-11,14,17H,8-9,12-13H2,1H3. The van der Waals surface area contributed by atoms with Crippen molar-refractivity contribution >= 4 is 5.91 Å². The normalized spacial score (nSPS) is 14.9. The van der Waals surface area contributed by atoms with Gasteiger partial charge < -0.3 is 4.90 Å². The fourth-order valence-electron chi connectivity index (χ4n) is 3.71. The SMILES string of the molecule is Cc1ncc(-c2ccncc2)c(C2CCN(C(=O)c3ccccc3F)CC2)n1. The first-order valence-electron chi connectivity index (χ1n) is 9.41. The topological polar surface area (TPSA) is 59.0 Å². The number of hydrogen-bond acceptors (Lipinski definition) is 4. The minimum atomic E-state index is -0.471. The summed E-state index contributed by atoms with van der Waals surface area (Å²) in [6.45, 7) is 3.05. The summed E-state index contributed by atoms with van der Waals surface area (Å²) in [4.78, 5) is 27.6. The fraction of sp³-hybridized carbons (Fsp3) is 0.273. The van der Waals surface area contributed by atoms with Crippen LogP contribution in [0.3, 0.4) is 0 Å². The van der Waals surface area contributed by atoms with Gasteiger partial charge in [0, 0.05) is 43.2 Å². The number of carbonyl (C=O) groups is 1. The number of aromatic nitrogens is 3. The molecule has 1 aromatic carbocycles. The van der Waals surface area contributed by atoms with Crippen LogP contribution in [0.15, 0.2) is 55.0 Å². The van der Waals surface area contributed by atoms with E-state index in [-0.39, 0.29) is 17.4 Å². The Morgan fingerprint density at radius 3 is 2.54 bits per heavy atom. The highest BCUT2D eigenvalue weighted by Crippen LogP contribution is 2.34. The Balaban J connectivity index is 1.54. The molecule has 3 aromatic rings. The summed E-state index contributed by atoms with van der Waals surface area (Å²) in [6, 6.07) is 10.1. The quantitative estimate of drug-likeness (QED) is 0.693. The van der Waals surface area contributed by atoms with E-state index >= 15 is 0 Å². The predicted octanol–water partition coefficient (Wildman–Crippen LogP) is 4.01. The number of likely N-dealkylation sites (tertiary alicyclic amines) is 1. The molecule has 2 aromatic heterocycles. The highest BCUT2D eigenvalue weighted by molar-refractivity contribution is 5.94. The van der Waals surface area contributed by atoms with Crippen LogP contribution in [0.2, 0.25) is 0 Å². The number of aryl methyl sites for hydroxylation is 1. The van der Waals surface area contributed by atoms with E-state index in [1.807, 2.05) is 25.3 Å². The number of halogens is 1. The molecular formula is C22H21FN4O. The number of hydrogen-bond donors (Lipinski definition) is 0. The first-order chi connectivity index (χ1) is 13.6. The van der Waals surface area contributed by atoms with Crippen molar-refractivity contribution in [2.75, 3.05) is 13.1 Å². The molecule has 0 saturated carbocycles. The number of piperidine rings is 1. The lowest BCUT2D eigenvalue weighted by molar-refractivity contribution is 0.0707. The number of carbonyl (C=O) groups excluding carboxylic acids is 1. The minimum absolute atomic E-state index is 0.135. The Morgan fingerprint density at radius 1 is 1.11 bits per heavy atom. The third kappa shape index (κ3) is 3.63. The monoisotopic (exact) mass is 376 g/mol. The van der Waals surface area contributed by atoms with Gasteiger partial charge in [0.1, 0.15) is 11.6 Å². The maximum Gasteiger partial charge on any atom is 0.256 e. The third-order valence-corrected chi connectivity index (χ3v) is 5.20. The number of rotatable bonds is 3. The molecule has 1 aliphatic rings. The van der Waals surface area contributed by atoms with E-state index in [0.29, 0.717) is 13.1 Å². The zero-order chi connectivity index (χ0) is 19.5. The maximum absolute atomic E-state index is 14.0. The van der Waals surface area contributed by atoms with Crippen molar-refractivity contribution in [3.05, 3.63) is 77.9 Å². The van der Waals surface area contributed by atoms with Gasteiger partial charge >= 0.3 is 0 Å². The summed E-state index contributed by atoms with van der Waals surface area (Å²) >= 11 is 0. The van der Waals surface area contributed by atoms with Crippen LogP contribution in [0.25, 0.3) is 11.1 Å². The molecule has 0 bridgehead atoms. The van der Waals surface area contributed by atoms with Gasteiger partial charge in [-0.15, -0.1) is 0 Å². The van der Waals surface area contributed by atoms with Gasteiger partial charge in [0.15, 0.2) is 0 Å². The maximum atomic E-state index is 14.0. The van der Waals surface area contributed by atoms with Crippen molar-refractivity contribution in [3.8, 4) is 11.1 Å². The van der Waals surface area contributed by atoms with Gasteiger partial charge in [0.05, 0.1) is 11.3 Å². The van der Waals surface area contributed by atoms with Gasteiger partial charge in [0.2, 0.25) is 0 Å². The molecule has 0 N–H and O–H groups in total. The van der Waals surface area contributed by atoms with E-state index in [4.69, 9.17) is 4.98 Å². The van der Waals surface area contributed by atoms with Crippen LogP contribution in [0.4, 0.5) is 4.39 Å². The summed E-state index contributed by atoms with van der Waals surface area (Å²) < 4.78 is 14.0. The summed E-state index contributed by atoms with van der Waals surface area (Å²) in [7, 11) is 0. The summed E-state index contributed by atoms with van der Waals surface area (Å²) in [6.07, 6.45) is 6.95. The molecule has 5 nitrogen and oxygen atoms in total. The molecule has 0 spiro atoms. The molecule has 0 aliphatic carbocycles. The average Bonchev–Trinajstić information content (AvgIpc) is 2.74. The first kappa shape index (κ1) is 18.2. The van der Waals surface area contributed by atoms with Gasteiger partial charge in [0.25, 0.3) is 5.91 Å². The Bertz CT molecular complexity index is 985. The van der Waals surface area contributed by atoms with Crippen LogP contribution in [0.1, 0.15) is 40.6 Å². The second kappa shape index (κ2) is 7.84. The van der Waals surface area contributed by atoms with E-state index in [9.17, 15) is 9.18 Å². The van der Waals surface area contributed by atoms with Crippen LogP contribution < -0.4 is 0 Å². The zero-order valence-electron chi connectivity index (χ0n) is 15.7. The Kier molecular flexibility index (Phi) is 5.10. The highest BCUT2D eigenvalue weighted by atomic mass is 19.1. The number of nitrogens with zero attached hydrogens (tertiary/aromatic N) is 4. The molecule has 6 heteroatoms. The molecule has 1 amide bonds. The molecule has 142 valence electrons. The van der Waals surface area contributed by atoms with Crippen molar-refractivity contribution in [1.29, 1.82) is 0 Å². The first-order valence-corrected chi connectivity index (χ1v) is 9.41. The molecule has 0 unspecified atom stereocenters. The summed E-state index contributed by atoms with van der Waals surface area (Å²) in [5.41, 5.74) is 3.19. The summed E-state index contributed by atoms with van der Waals surface area (Å²) in [5, 5.41) is 0. The van der Waals surface area contributed by atoms with E-state index in [0.717, 1.165) is 35.5 Å². The highest BCUT2D eigenvalue weighted by Gasteiger charge is 2.28. The minimum Gasteiger partial charge on any atom is -0.339 e. The van der Waals surface area contributed by atoms with E-state index < -0.39 is 5.82 Å². The van der Waals surface area contributed by atoms with Crippen molar-refractivity contribution in [2.24, 2.45) is 0 Å². The third-order valence-electron chi connectivity index (χ3n) is 5.20. The van der Waals surface area contributed by atoms with Crippen LogP contribution in [-0.2, 0) is 0 Å².